The van der Waals surface area contributed by atoms with Crippen LogP contribution in [0, 0.1) is 0 Å². The monoisotopic (exact) mass is 941 g/mol. The van der Waals surface area contributed by atoms with Crippen molar-refractivity contribution in [3.8, 4) is 22.6 Å². The zero-order valence-corrected chi connectivity index (χ0v) is 43.6. The van der Waals surface area contributed by atoms with E-state index in [1.54, 1.807) is 0 Å². The average molecular weight is 942 g/mol. The van der Waals surface area contributed by atoms with Crippen molar-refractivity contribution >= 4 is 95.0 Å². The number of hydrogen-bond acceptors (Lipinski definition) is 5. The van der Waals surface area contributed by atoms with Crippen molar-refractivity contribution in [1.82, 2.24) is 0 Å². The van der Waals surface area contributed by atoms with Crippen LogP contribution in [0.25, 0.3) is 21.2 Å². The Hall–Kier alpha value is -7.02. The second-order valence-electron chi connectivity index (χ2n) is 23.9. The van der Waals surface area contributed by atoms with E-state index in [0.29, 0.717) is 0 Å². The van der Waals surface area contributed by atoms with E-state index in [0.717, 1.165) is 39.9 Å². The molecule has 8 aromatic carbocycles. The van der Waals surface area contributed by atoms with E-state index in [4.69, 9.17) is 4.74 Å². The highest BCUT2D eigenvalue weighted by Crippen LogP contribution is 2.57. The van der Waals surface area contributed by atoms with Crippen molar-refractivity contribution in [2.75, 3.05) is 14.7 Å². The minimum atomic E-state index is -0.120. The molecule has 1 aliphatic carbocycles. The summed E-state index contributed by atoms with van der Waals surface area (Å²) in [6.45, 7) is 25.6. The Morgan fingerprint density at radius 1 is 0.451 bits per heavy atom. The number of anilines is 9. The summed E-state index contributed by atoms with van der Waals surface area (Å²) in [7, 11) is 0. The van der Waals surface area contributed by atoms with Gasteiger partial charge in [0.15, 0.2) is 11.5 Å². The first-order valence-corrected chi connectivity index (χ1v) is 26.2. The molecule has 0 saturated carbocycles. The van der Waals surface area contributed by atoms with Crippen LogP contribution in [0.5, 0.6) is 11.5 Å². The molecule has 1 aromatic heterocycles. The van der Waals surface area contributed by atoms with Crippen LogP contribution in [0.2, 0.25) is 0 Å². The number of ether oxygens (including phenoxy) is 1. The van der Waals surface area contributed by atoms with Crippen LogP contribution < -0.4 is 35.1 Å². The number of nitrogens with zero attached hydrogens (tertiary/aromatic N) is 3. The molecular formula is C65H60BN3OS. The first-order valence-electron chi connectivity index (χ1n) is 25.4. The molecule has 71 heavy (non-hydrogen) atoms. The fraction of sp³-hybridized carbons (Fsp3) is 0.231. The SMILES string of the molecule is CC(C)(C)c1ccc(N2c3ccc(C(C)(C)C)cc3B3c4sc5cc6c(cc5c4N(c4ccc(C(C)(C)C)cc4)c4cc(N5c7ccccc7Oc7ccccc75)cc2c43)-c2ccccc2C6(C)C)cc1. The molecule has 3 aliphatic heterocycles. The van der Waals surface area contributed by atoms with E-state index in [9.17, 15) is 0 Å². The van der Waals surface area contributed by atoms with Crippen LogP contribution >= 0.6 is 11.3 Å². The van der Waals surface area contributed by atoms with Crippen LogP contribution in [-0.2, 0) is 21.7 Å². The van der Waals surface area contributed by atoms with Crippen LogP contribution in [0.4, 0.5) is 51.2 Å². The number of fused-ring (bicyclic) bond motifs is 11. The fourth-order valence-electron chi connectivity index (χ4n) is 12.0. The van der Waals surface area contributed by atoms with Crippen molar-refractivity contribution < 1.29 is 4.74 Å². The van der Waals surface area contributed by atoms with Crippen molar-refractivity contribution in [3.05, 3.63) is 192 Å². The number of rotatable bonds is 3. The van der Waals surface area contributed by atoms with E-state index in [1.165, 1.54) is 87.5 Å². The summed E-state index contributed by atoms with van der Waals surface area (Å²) in [6, 6.07) is 62.2. The Morgan fingerprint density at radius 3 is 1.58 bits per heavy atom. The molecule has 0 amide bonds. The third-order valence-electron chi connectivity index (χ3n) is 15.9. The van der Waals surface area contributed by atoms with E-state index in [2.05, 4.69) is 255 Å². The first-order chi connectivity index (χ1) is 33.9. The summed E-state index contributed by atoms with van der Waals surface area (Å²) >= 11 is 2.00. The van der Waals surface area contributed by atoms with Gasteiger partial charge in [-0.2, -0.15) is 0 Å². The lowest BCUT2D eigenvalue weighted by Gasteiger charge is -2.44. The van der Waals surface area contributed by atoms with Gasteiger partial charge in [-0.05, 0) is 145 Å². The molecule has 0 saturated heterocycles. The Kier molecular flexibility index (Phi) is 9.29. The molecular weight excluding hydrogens is 882 g/mol. The zero-order valence-electron chi connectivity index (χ0n) is 42.8. The predicted molar refractivity (Wildman–Crippen MR) is 304 cm³/mol. The number of hydrogen-bond donors (Lipinski definition) is 0. The summed E-state index contributed by atoms with van der Waals surface area (Å²) in [4.78, 5) is 7.63. The smallest absolute Gasteiger partial charge is 0.264 e. The molecule has 9 aromatic rings. The van der Waals surface area contributed by atoms with Crippen LogP contribution in [0.3, 0.4) is 0 Å². The van der Waals surface area contributed by atoms with E-state index in [-0.39, 0.29) is 28.4 Å². The normalized spacial score (nSPS) is 15.1. The predicted octanol–water partition coefficient (Wildman–Crippen LogP) is 16.8. The lowest BCUT2D eigenvalue weighted by Crippen LogP contribution is -2.60. The minimum Gasteiger partial charge on any atom is -0.453 e. The Bertz CT molecular complexity index is 3630. The Balaban J connectivity index is 1.17. The molecule has 0 fully saturated rings. The molecule has 0 bridgehead atoms. The minimum absolute atomic E-state index is 0.000217. The topological polar surface area (TPSA) is 19.0 Å². The van der Waals surface area contributed by atoms with E-state index in [1.807, 2.05) is 11.3 Å². The van der Waals surface area contributed by atoms with Gasteiger partial charge in [-0.3, -0.25) is 0 Å². The van der Waals surface area contributed by atoms with Gasteiger partial charge in [0.05, 0.1) is 22.7 Å². The molecule has 350 valence electrons. The van der Waals surface area contributed by atoms with E-state index < -0.39 is 0 Å². The molecule has 0 atom stereocenters. The molecule has 4 nitrogen and oxygen atoms in total. The van der Waals surface area contributed by atoms with Crippen LogP contribution in [0.1, 0.15) is 104 Å². The number of thiophene rings is 1. The second kappa shape index (κ2) is 15.0. The zero-order chi connectivity index (χ0) is 49.1. The Morgan fingerprint density at radius 2 is 0.972 bits per heavy atom. The van der Waals surface area contributed by atoms with Gasteiger partial charge < -0.3 is 19.4 Å². The standard InChI is InChI=1S/C65H60BN3OS/c1-62(2,3)39-24-29-42(30-25-39)67-51-33-28-41(64(7,8)9)34-50(51)66-59-54(67)35-44(68-52-20-14-16-22-56(52)70-57-23-17-15-21-53(57)68)36-55(59)69(43-31-26-40(27-32-43)63(4,5)6)60-47-37-46-45-18-12-13-19-48(45)65(10,11)49(46)38-58(47)71-61(60)66/h12-38H,1-11H3. The van der Waals surface area contributed by atoms with Gasteiger partial charge in [0.1, 0.15) is 0 Å². The van der Waals surface area contributed by atoms with Gasteiger partial charge >= 0.3 is 0 Å². The molecule has 6 heteroatoms. The molecule has 4 heterocycles. The largest absolute Gasteiger partial charge is 0.453 e. The summed E-state index contributed by atoms with van der Waals surface area (Å²) in [5, 5.41) is 1.30. The highest BCUT2D eigenvalue weighted by atomic mass is 32.1. The lowest BCUT2D eigenvalue weighted by molar-refractivity contribution is 0.477. The lowest BCUT2D eigenvalue weighted by atomic mass is 9.36. The van der Waals surface area contributed by atoms with Crippen LogP contribution in [-0.4, -0.2) is 6.71 Å². The van der Waals surface area contributed by atoms with Gasteiger partial charge in [-0.25, -0.2) is 0 Å². The average Bonchev–Trinajstić information content (AvgIpc) is 3.82. The molecule has 13 rings (SSSR count). The maximum absolute atomic E-state index is 6.67. The van der Waals surface area contributed by atoms with Crippen molar-refractivity contribution in [2.24, 2.45) is 0 Å². The maximum Gasteiger partial charge on any atom is 0.264 e. The molecule has 0 N–H and O–H groups in total. The summed E-state index contributed by atoms with van der Waals surface area (Å²) < 4.78 is 9.38. The van der Waals surface area contributed by atoms with Gasteiger partial charge in [0, 0.05) is 48.7 Å². The van der Waals surface area contributed by atoms with Gasteiger partial charge in [0.25, 0.3) is 6.71 Å². The summed E-state index contributed by atoms with van der Waals surface area (Å²) in [5.74, 6) is 1.67. The number of para-hydroxylation sites is 4. The Labute approximate surface area is 424 Å². The van der Waals surface area contributed by atoms with E-state index >= 15 is 0 Å². The van der Waals surface area contributed by atoms with Crippen molar-refractivity contribution in [2.45, 2.75) is 97.8 Å². The highest BCUT2D eigenvalue weighted by molar-refractivity contribution is 7.33. The summed E-state index contributed by atoms with van der Waals surface area (Å²) in [6.07, 6.45) is 0. The first kappa shape index (κ1) is 44.0. The second-order valence-corrected chi connectivity index (χ2v) is 25.0. The van der Waals surface area contributed by atoms with Crippen molar-refractivity contribution in [3.63, 3.8) is 0 Å². The van der Waals surface area contributed by atoms with Gasteiger partial charge in [-0.15, -0.1) is 11.3 Å². The molecule has 0 radical (unpaired) electrons. The third-order valence-corrected chi connectivity index (χ3v) is 17.1. The number of benzene rings is 8. The maximum atomic E-state index is 6.67. The van der Waals surface area contributed by atoms with Crippen molar-refractivity contribution in [1.29, 1.82) is 0 Å². The molecule has 0 unspecified atom stereocenters. The van der Waals surface area contributed by atoms with Gasteiger partial charge in [0.2, 0.25) is 0 Å². The molecule has 4 aliphatic rings. The summed E-state index contributed by atoms with van der Waals surface area (Å²) in [5.41, 5.74) is 22.2. The quantitative estimate of drug-likeness (QED) is 0.164. The molecule has 0 spiro atoms. The fourth-order valence-corrected chi connectivity index (χ4v) is 13.4. The third kappa shape index (κ3) is 6.56. The van der Waals surface area contributed by atoms with Crippen LogP contribution in [0.15, 0.2) is 164 Å². The van der Waals surface area contributed by atoms with Gasteiger partial charge in [-0.1, -0.05) is 161 Å². The highest BCUT2D eigenvalue weighted by Gasteiger charge is 2.47.